The number of rotatable bonds is 7. The molecule has 0 aliphatic carbocycles. The molecule has 1 saturated heterocycles. The maximum absolute atomic E-state index is 12.6. The molecule has 1 aliphatic rings. The fraction of sp³-hybridized carbons (Fsp3) is 0.688. The zero-order valence-electron chi connectivity index (χ0n) is 13.5. The van der Waals surface area contributed by atoms with E-state index >= 15 is 0 Å². The van der Waals surface area contributed by atoms with Crippen LogP contribution in [0.5, 0.6) is 0 Å². The summed E-state index contributed by atoms with van der Waals surface area (Å²) in [5.74, 6) is 1.25. The molecule has 1 atom stereocenters. The van der Waals surface area contributed by atoms with Crippen LogP contribution >= 0.6 is 0 Å². The summed E-state index contributed by atoms with van der Waals surface area (Å²) in [6.45, 7) is 6.28. The average molecular weight is 306 g/mol. The van der Waals surface area contributed by atoms with E-state index in [1.165, 1.54) is 0 Å². The first-order valence-corrected chi connectivity index (χ1v) is 7.98. The Kier molecular flexibility index (Phi) is 5.71. The van der Waals surface area contributed by atoms with Crippen molar-refractivity contribution in [2.45, 2.75) is 33.1 Å². The van der Waals surface area contributed by atoms with E-state index in [0.717, 1.165) is 19.4 Å². The fourth-order valence-electron chi connectivity index (χ4n) is 2.88. The third-order valence-corrected chi connectivity index (χ3v) is 4.27. The summed E-state index contributed by atoms with van der Waals surface area (Å²) in [6.07, 6.45) is 5.57. The van der Waals surface area contributed by atoms with Gasteiger partial charge in [-0.15, -0.1) is 0 Å². The van der Waals surface area contributed by atoms with E-state index in [2.05, 4.69) is 29.1 Å². The van der Waals surface area contributed by atoms with Crippen molar-refractivity contribution in [2.24, 2.45) is 11.3 Å². The molecular weight excluding hydrogens is 280 g/mol. The van der Waals surface area contributed by atoms with E-state index in [-0.39, 0.29) is 12.5 Å². The van der Waals surface area contributed by atoms with Crippen LogP contribution in [-0.2, 0) is 4.79 Å². The van der Waals surface area contributed by atoms with E-state index in [1.54, 1.807) is 18.5 Å². The highest BCUT2D eigenvalue weighted by Gasteiger charge is 2.44. The summed E-state index contributed by atoms with van der Waals surface area (Å²) in [4.78, 5) is 23.2. The Balaban J connectivity index is 2.02. The summed E-state index contributed by atoms with van der Waals surface area (Å²) in [5, 5.41) is 12.4. The summed E-state index contributed by atoms with van der Waals surface area (Å²) < 4.78 is 0. The van der Waals surface area contributed by atoms with Gasteiger partial charge >= 0.3 is 0 Å². The molecule has 0 spiro atoms. The normalized spacial score (nSPS) is 21.4. The number of aliphatic hydroxyl groups is 1. The molecule has 0 bridgehead atoms. The Morgan fingerprint density at radius 1 is 1.45 bits per heavy atom. The number of carbonyl (C=O) groups excluding carboxylic acids is 1. The van der Waals surface area contributed by atoms with Gasteiger partial charge in [-0.05, 0) is 31.2 Å². The number of nitrogens with zero attached hydrogens (tertiary/aromatic N) is 3. The number of amides is 1. The first-order valence-electron chi connectivity index (χ1n) is 7.98. The quantitative estimate of drug-likeness (QED) is 0.792. The molecule has 0 saturated carbocycles. The van der Waals surface area contributed by atoms with Crippen LogP contribution in [0.3, 0.4) is 0 Å². The second-order valence-corrected chi connectivity index (χ2v) is 6.41. The second kappa shape index (κ2) is 7.54. The van der Waals surface area contributed by atoms with Gasteiger partial charge in [-0.1, -0.05) is 13.8 Å². The Labute approximate surface area is 132 Å². The minimum Gasteiger partial charge on any atom is -0.396 e. The third-order valence-electron chi connectivity index (χ3n) is 4.27. The standard InChI is InChI=1S/C16H26N4O2/c1-13(2)4-9-17-14(22)16(6-11-21)5-10-20(12-16)15-18-7-3-8-19-15/h3,7-8,13,21H,4-6,9-12H2,1-2H3,(H,17,22). The fourth-order valence-corrected chi connectivity index (χ4v) is 2.88. The van der Waals surface area contributed by atoms with Gasteiger partial charge in [0.05, 0.1) is 5.41 Å². The van der Waals surface area contributed by atoms with E-state index < -0.39 is 5.41 Å². The lowest BCUT2D eigenvalue weighted by Crippen LogP contribution is -2.44. The van der Waals surface area contributed by atoms with Crippen molar-refractivity contribution in [3.63, 3.8) is 0 Å². The van der Waals surface area contributed by atoms with Crippen LogP contribution in [-0.4, -0.2) is 47.2 Å². The molecule has 6 nitrogen and oxygen atoms in total. The van der Waals surface area contributed by atoms with E-state index in [9.17, 15) is 9.90 Å². The molecule has 2 rings (SSSR count). The monoisotopic (exact) mass is 306 g/mol. The highest BCUT2D eigenvalue weighted by Crippen LogP contribution is 2.35. The molecule has 1 fully saturated rings. The zero-order chi connectivity index (χ0) is 16.0. The first-order chi connectivity index (χ1) is 10.6. The van der Waals surface area contributed by atoms with Crippen LogP contribution in [0.4, 0.5) is 5.95 Å². The molecule has 6 heteroatoms. The number of anilines is 1. The number of aliphatic hydroxyl groups excluding tert-OH is 1. The number of hydrogen-bond donors (Lipinski definition) is 2. The lowest BCUT2D eigenvalue weighted by atomic mass is 9.82. The maximum Gasteiger partial charge on any atom is 0.228 e. The third kappa shape index (κ3) is 3.94. The molecule has 22 heavy (non-hydrogen) atoms. The summed E-state index contributed by atoms with van der Waals surface area (Å²) >= 11 is 0. The van der Waals surface area contributed by atoms with Gasteiger partial charge in [0.25, 0.3) is 0 Å². The predicted molar refractivity (Wildman–Crippen MR) is 85.5 cm³/mol. The largest absolute Gasteiger partial charge is 0.396 e. The van der Waals surface area contributed by atoms with Gasteiger partial charge in [-0.3, -0.25) is 4.79 Å². The molecule has 0 aromatic carbocycles. The number of hydrogen-bond acceptors (Lipinski definition) is 5. The van der Waals surface area contributed by atoms with Gasteiger partial charge in [-0.25, -0.2) is 9.97 Å². The van der Waals surface area contributed by atoms with Gasteiger partial charge < -0.3 is 15.3 Å². The number of carbonyl (C=O) groups is 1. The molecular formula is C16H26N4O2. The minimum absolute atomic E-state index is 0.0150. The van der Waals surface area contributed by atoms with E-state index in [1.807, 2.05) is 4.90 Å². The van der Waals surface area contributed by atoms with Gasteiger partial charge in [-0.2, -0.15) is 0 Å². The molecule has 122 valence electrons. The molecule has 1 aromatic heterocycles. The zero-order valence-corrected chi connectivity index (χ0v) is 13.5. The number of aromatic nitrogens is 2. The van der Waals surface area contributed by atoms with E-state index in [4.69, 9.17) is 0 Å². The van der Waals surface area contributed by atoms with Crippen molar-refractivity contribution in [1.82, 2.24) is 15.3 Å². The van der Waals surface area contributed by atoms with Crippen LogP contribution in [0.15, 0.2) is 18.5 Å². The second-order valence-electron chi connectivity index (χ2n) is 6.41. The van der Waals surface area contributed by atoms with Gasteiger partial charge in [0.15, 0.2) is 0 Å². The number of nitrogens with one attached hydrogen (secondary N) is 1. The smallest absolute Gasteiger partial charge is 0.228 e. The summed E-state index contributed by atoms with van der Waals surface area (Å²) in [7, 11) is 0. The van der Waals surface area contributed by atoms with Crippen LogP contribution < -0.4 is 10.2 Å². The summed E-state index contributed by atoms with van der Waals surface area (Å²) in [6, 6.07) is 1.78. The van der Waals surface area contributed by atoms with Gasteiger partial charge in [0, 0.05) is 38.6 Å². The maximum atomic E-state index is 12.6. The van der Waals surface area contributed by atoms with Crippen LogP contribution in [0.25, 0.3) is 0 Å². The van der Waals surface area contributed by atoms with Crippen molar-refractivity contribution in [2.75, 3.05) is 31.1 Å². The van der Waals surface area contributed by atoms with Gasteiger partial charge in [0.2, 0.25) is 11.9 Å². The van der Waals surface area contributed by atoms with Crippen molar-refractivity contribution in [1.29, 1.82) is 0 Å². The lowest BCUT2D eigenvalue weighted by molar-refractivity contribution is -0.130. The van der Waals surface area contributed by atoms with Crippen molar-refractivity contribution in [3.8, 4) is 0 Å². The average Bonchev–Trinajstić information content (AvgIpc) is 2.94. The van der Waals surface area contributed by atoms with E-state index in [0.29, 0.717) is 31.4 Å². The molecule has 0 radical (unpaired) electrons. The topological polar surface area (TPSA) is 78.4 Å². The molecule has 2 heterocycles. The van der Waals surface area contributed by atoms with Crippen LogP contribution in [0.2, 0.25) is 0 Å². The summed E-state index contributed by atoms with van der Waals surface area (Å²) in [5.41, 5.74) is -0.537. The SMILES string of the molecule is CC(C)CCNC(=O)C1(CCO)CCN(c2ncccn2)C1. The molecule has 2 N–H and O–H groups in total. The molecule has 1 amide bonds. The Morgan fingerprint density at radius 3 is 2.82 bits per heavy atom. The lowest BCUT2D eigenvalue weighted by Gasteiger charge is -2.27. The molecule has 1 unspecified atom stereocenters. The highest BCUT2D eigenvalue weighted by atomic mass is 16.3. The predicted octanol–water partition coefficient (Wildman–Crippen LogP) is 1.22. The van der Waals surface area contributed by atoms with Gasteiger partial charge in [0.1, 0.15) is 0 Å². The van der Waals surface area contributed by atoms with Crippen molar-refractivity contribution >= 4 is 11.9 Å². The molecule has 1 aliphatic heterocycles. The van der Waals surface area contributed by atoms with Crippen LogP contribution in [0.1, 0.15) is 33.1 Å². The minimum atomic E-state index is -0.537. The highest BCUT2D eigenvalue weighted by molar-refractivity contribution is 5.84. The van der Waals surface area contributed by atoms with Crippen molar-refractivity contribution < 1.29 is 9.90 Å². The molecule has 1 aromatic rings. The van der Waals surface area contributed by atoms with Crippen molar-refractivity contribution in [3.05, 3.63) is 18.5 Å². The first kappa shape index (κ1) is 16.7. The Hall–Kier alpha value is -1.69. The Bertz CT molecular complexity index is 480. The van der Waals surface area contributed by atoms with Crippen LogP contribution in [0, 0.1) is 11.3 Å². The Morgan fingerprint density at radius 2 is 2.18 bits per heavy atom.